The van der Waals surface area contributed by atoms with E-state index in [1.165, 1.54) is 19.1 Å². The Morgan fingerprint density at radius 2 is 2.00 bits per heavy atom. The summed E-state index contributed by atoms with van der Waals surface area (Å²) in [4.78, 5) is 32.8. The SMILES string of the molecule is CCOC(=O)c1cc([N+](=O)[O-])ccc1C(C)=O. The lowest BCUT2D eigenvalue weighted by Gasteiger charge is -2.05. The number of rotatable bonds is 4. The minimum absolute atomic E-state index is 0.0754. The van der Waals surface area contributed by atoms with E-state index in [1.807, 2.05) is 0 Å². The van der Waals surface area contributed by atoms with Crippen molar-refractivity contribution >= 4 is 17.4 Å². The van der Waals surface area contributed by atoms with Crippen molar-refractivity contribution < 1.29 is 19.2 Å². The highest BCUT2D eigenvalue weighted by atomic mass is 16.6. The zero-order valence-electron chi connectivity index (χ0n) is 9.43. The van der Waals surface area contributed by atoms with Gasteiger partial charge in [-0.1, -0.05) is 0 Å². The van der Waals surface area contributed by atoms with Gasteiger partial charge in [-0.25, -0.2) is 4.79 Å². The van der Waals surface area contributed by atoms with Gasteiger partial charge < -0.3 is 4.74 Å². The Morgan fingerprint density at radius 1 is 1.35 bits per heavy atom. The molecule has 0 N–H and O–H groups in total. The van der Waals surface area contributed by atoms with E-state index in [2.05, 4.69) is 0 Å². The largest absolute Gasteiger partial charge is 0.462 e. The number of benzene rings is 1. The van der Waals surface area contributed by atoms with Crippen LogP contribution in [0.25, 0.3) is 0 Å². The second kappa shape index (κ2) is 5.20. The first-order valence-electron chi connectivity index (χ1n) is 4.93. The van der Waals surface area contributed by atoms with Crippen LogP contribution in [0.4, 0.5) is 5.69 Å². The van der Waals surface area contributed by atoms with Crippen molar-refractivity contribution in [3.05, 3.63) is 39.4 Å². The molecule has 0 spiro atoms. The number of non-ortho nitro benzene ring substituents is 1. The van der Waals surface area contributed by atoms with Crippen molar-refractivity contribution in [2.45, 2.75) is 13.8 Å². The van der Waals surface area contributed by atoms with Crippen LogP contribution in [0.2, 0.25) is 0 Å². The topological polar surface area (TPSA) is 86.5 Å². The quantitative estimate of drug-likeness (QED) is 0.346. The van der Waals surface area contributed by atoms with E-state index < -0.39 is 10.9 Å². The van der Waals surface area contributed by atoms with Gasteiger partial charge >= 0.3 is 5.97 Å². The minimum Gasteiger partial charge on any atom is -0.462 e. The number of ketones is 1. The van der Waals surface area contributed by atoms with Gasteiger partial charge in [0.05, 0.1) is 17.1 Å². The second-order valence-electron chi connectivity index (χ2n) is 3.26. The number of nitrogens with zero attached hydrogens (tertiary/aromatic N) is 1. The average molecular weight is 237 g/mol. The third kappa shape index (κ3) is 2.87. The number of nitro groups is 1. The smallest absolute Gasteiger partial charge is 0.339 e. The van der Waals surface area contributed by atoms with E-state index >= 15 is 0 Å². The number of carbonyl (C=O) groups excluding carboxylic acids is 2. The van der Waals surface area contributed by atoms with Crippen LogP contribution in [-0.2, 0) is 4.74 Å². The maximum absolute atomic E-state index is 11.5. The molecule has 17 heavy (non-hydrogen) atoms. The Bertz CT molecular complexity index is 481. The maximum Gasteiger partial charge on any atom is 0.339 e. The third-order valence-electron chi connectivity index (χ3n) is 2.09. The van der Waals surface area contributed by atoms with Gasteiger partial charge in [0.15, 0.2) is 5.78 Å². The fraction of sp³-hybridized carbons (Fsp3) is 0.273. The number of ether oxygens (including phenoxy) is 1. The number of Topliss-reactive ketones (excluding diaryl/α,β-unsaturated/α-hetero) is 1. The van der Waals surface area contributed by atoms with Gasteiger partial charge in [0.2, 0.25) is 0 Å². The molecule has 90 valence electrons. The van der Waals surface area contributed by atoms with Crippen LogP contribution in [0.15, 0.2) is 18.2 Å². The van der Waals surface area contributed by atoms with Gasteiger partial charge in [-0.05, 0) is 19.9 Å². The highest BCUT2D eigenvalue weighted by molar-refractivity contribution is 6.05. The molecule has 0 unspecified atom stereocenters. The van der Waals surface area contributed by atoms with Crippen molar-refractivity contribution in [3.63, 3.8) is 0 Å². The number of hydrogen-bond acceptors (Lipinski definition) is 5. The summed E-state index contributed by atoms with van der Waals surface area (Å²) in [6.07, 6.45) is 0. The molecule has 0 amide bonds. The molecule has 0 aromatic heterocycles. The van der Waals surface area contributed by atoms with Crippen LogP contribution in [0.1, 0.15) is 34.6 Å². The van der Waals surface area contributed by atoms with Crippen LogP contribution < -0.4 is 0 Å². The normalized spacial score (nSPS) is 9.76. The molecule has 6 nitrogen and oxygen atoms in total. The van der Waals surface area contributed by atoms with Crippen molar-refractivity contribution in [1.29, 1.82) is 0 Å². The number of carbonyl (C=O) groups is 2. The number of nitro benzene ring substituents is 1. The Labute approximate surface area is 97.3 Å². The van der Waals surface area contributed by atoms with E-state index in [4.69, 9.17) is 4.74 Å². The van der Waals surface area contributed by atoms with E-state index in [0.717, 1.165) is 6.07 Å². The maximum atomic E-state index is 11.5. The summed E-state index contributed by atoms with van der Waals surface area (Å²) >= 11 is 0. The van der Waals surface area contributed by atoms with Gasteiger partial charge in [-0.2, -0.15) is 0 Å². The minimum atomic E-state index is -0.735. The highest BCUT2D eigenvalue weighted by Crippen LogP contribution is 2.19. The summed E-state index contributed by atoms with van der Waals surface area (Å²) in [5, 5.41) is 10.6. The van der Waals surface area contributed by atoms with Crippen LogP contribution in [0.3, 0.4) is 0 Å². The molecular weight excluding hydrogens is 226 g/mol. The molecule has 0 heterocycles. The van der Waals surface area contributed by atoms with Crippen molar-refractivity contribution in [2.24, 2.45) is 0 Å². The molecule has 0 aliphatic heterocycles. The van der Waals surface area contributed by atoms with E-state index in [0.29, 0.717) is 0 Å². The third-order valence-corrected chi connectivity index (χ3v) is 2.09. The number of esters is 1. The molecule has 1 rings (SSSR count). The first-order chi connectivity index (χ1) is 7.97. The van der Waals surface area contributed by atoms with Crippen LogP contribution >= 0.6 is 0 Å². The zero-order chi connectivity index (χ0) is 13.0. The summed E-state index contributed by atoms with van der Waals surface area (Å²) in [6.45, 7) is 3.03. The molecule has 0 saturated carbocycles. The van der Waals surface area contributed by atoms with E-state index in [1.54, 1.807) is 6.92 Å². The standard InChI is InChI=1S/C11H11NO5/c1-3-17-11(14)10-6-8(12(15)16)4-5-9(10)7(2)13/h4-6H,3H2,1-2H3. The lowest BCUT2D eigenvalue weighted by atomic mass is 10.0. The second-order valence-corrected chi connectivity index (χ2v) is 3.26. The summed E-state index contributed by atoms with van der Waals surface area (Å²) in [6, 6.07) is 3.49. The molecule has 0 radical (unpaired) electrons. The van der Waals surface area contributed by atoms with Gasteiger partial charge in [0, 0.05) is 17.7 Å². The molecule has 0 bridgehead atoms. The molecule has 1 aromatic carbocycles. The summed E-state index contributed by atoms with van der Waals surface area (Å²) in [7, 11) is 0. The molecule has 0 aliphatic carbocycles. The Balaban J connectivity index is 3.30. The van der Waals surface area contributed by atoms with Crippen LogP contribution in [0.5, 0.6) is 0 Å². The molecule has 0 fully saturated rings. The highest BCUT2D eigenvalue weighted by Gasteiger charge is 2.19. The lowest BCUT2D eigenvalue weighted by molar-refractivity contribution is -0.384. The Kier molecular flexibility index (Phi) is 3.92. The Morgan fingerprint density at radius 3 is 2.47 bits per heavy atom. The first kappa shape index (κ1) is 12.8. The molecule has 1 aromatic rings. The predicted octanol–water partition coefficient (Wildman–Crippen LogP) is 1.97. The van der Waals surface area contributed by atoms with Gasteiger partial charge in [0.25, 0.3) is 5.69 Å². The lowest BCUT2D eigenvalue weighted by Crippen LogP contribution is -2.11. The zero-order valence-corrected chi connectivity index (χ0v) is 9.43. The Hall–Kier alpha value is -2.24. The van der Waals surface area contributed by atoms with Gasteiger partial charge in [0.1, 0.15) is 0 Å². The predicted molar refractivity (Wildman–Crippen MR) is 59.1 cm³/mol. The summed E-state index contributed by atoms with van der Waals surface area (Å²) in [5.74, 6) is -1.08. The summed E-state index contributed by atoms with van der Waals surface area (Å²) < 4.78 is 4.74. The molecule has 0 saturated heterocycles. The first-order valence-corrected chi connectivity index (χ1v) is 4.93. The number of hydrogen-bond donors (Lipinski definition) is 0. The molecule has 6 heteroatoms. The van der Waals surface area contributed by atoms with Gasteiger partial charge in [-0.3, -0.25) is 14.9 Å². The molecule has 0 atom stereocenters. The van der Waals surface area contributed by atoms with Crippen LogP contribution in [0, 0.1) is 10.1 Å². The summed E-state index contributed by atoms with van der Waals surface area (Å²) in [5.41, 5.74) is -0.208. The van der Waals surface area contributed by atoms with E-state index in [9.17, 15) is 19.7 Å². The van der Waals surface area contributed by atoms with Gasteiger partial charge in [-0.15, -0.1) is 0 Å². The molecule has 0 aliphatic rings. The van der Waals surface area contributed by atoms with Crippen molar-refractivity contribution in [1.82, 2.24) is 0 Å². The van der Waals surface area contributed by atoms with Crippen molar-refractivity contribution in [2.75, 3.05) is 6.61 Å². The molecular formula is C11H11NO5. The van der Waals surface area contributed by atoms with Crippen molar-refractivity contribution in [3.8, 4) is 0 Å². The fourth-order valence-electron chi connectivity index (χ4n) is 1.33. The monoisotopic (exact) mass is 237 g/mol. The van der Waals surface area contributed by atoms with E-state index in [-0.39, 0.29) is 29.2 Å². The fourth-order valence-corrected chi connectivity index (χ4v) is 1.33. The average Bonchev–Trinajstić information content (AvgIpc) is 2.28. The van der Waals surface area contributed by atoms with Crippen LogP contribution in [-0.4, -0.2) is 23.3 Å².